The Morgan fingerprint density at radius 1 is 0.947 bits per heavy atom. The molecule has 0 bridgehead atoms. The molecule has 208 valence electrons. The minimum Gasteiger partial charge on any atom is -0.508 e. The molecule has 0 spiro atoms. The minimum atomic E-state index is -1.23. The number of aromatic nitrogens is 2. The van der Waals surface area contributed by atoms with E-state index in [1.54, 1.807) is 32.9 Å². The number of carbonyl (C=O) groups excluding carboxylic acids is 3. The fraction of sp³-hybridized carbons (Fsp3) is 0.500. The van der Waals surface area contributed by atoms with E-state index in [1.165, 1.54) is 24.7 Å². The van der Waals surface area contributed by atoms with Crippen LogP contribution in [-0.2, 0) is 32.0 Å². The molecule has 0 saturated heterocycles. The van der Waals surface area contributed by atoms with Crippen LogP contribution in [0.5, 0.6) is 5.75 Å². The number of carboxylic acid groups (broad SMARTS) is 1. The van der Waals surface area contributed by atoms with Crippen LogP contribution >= 0.6 is 0 Å². The maximum atomic E-state index is 13.3. The molecule has 5 atom stereocenters. The lowest BCUT2D eigenvalue weighted by Crippen LogP contribution is -2.60. The van der Waals surface area contributed by atoms with Crippen LogP contribution in [0.4, 0.5) is 0 Å². The summed E-state index contributed by atoms with van der Waals surface area (Å²) in [6.45, 7) is 7.11. The van der Waals surface area contributed by atoms with E-state index >= 15 is 0 Å². The molecule has 2 aromatic rings. The Morgan fingerprint density at radius 2 is 1.55 bits per heavy atom. The van der Waals surface area contributed by atoms with Crippen molar-refractivity contribution in [3.8, 4) is 5.75 Å². The quantitative estimate of drug-likeness (QED) is 0.183. The van der Waals surface area contributed by atoms with Gasteiger partial charge in [0.15, 0.2) is 0 Å². The summed E-state index contributed by atoms with van der Waals surface area (Å²) in [5.41, 5.74) is 7.36. The van der Waals surface area contributed by atoms with Crippen molar-refractivity contribution in [2.24, 2.45) is 17.6 Å². The lowest BCUT2D eigenvalue weighted by atomic mass is 9.95. The van der Waals surface area contributed by atoms with Gasteiger partial charge in [-0.3, -0.25) is 14.4 Å². The van der Waals surface area contributed by atoms with E-state index < -0.39 is 47.9 Å². The van der Waals surface area contributed by atoms with E-state index in [1.807, 2.05) is 6.92 Å². The number of nitrogens with zero attached hydrogens (tertiary/aromatic N) is 1. The zero-order valence-corrected chi connectivity index (χ0v) is 22.1. The van der Waals surface area contributed by atoms with Crippen molar-refractivity contribution in [3.63, 3.8) is 0 Å². The molecule has 1 aromatic heterocycles. The fourth-order valence-corrected chi connectivity index (χ4v) is 3.80. The Labute approximate surface area is 221 Å². The van der Waals surface area contributed by atoms with Gasteiger partial charge in [-0.25, -0.2) is 9.78 Å². The van der Waals surface area contributed by atoms with Crippen molar-refractivity contribution >= 4 is 23.7 Å². The Morgan fingerprint density at radius 3 is 2.08 bits per heavy atom. The van der Waals surface area contributed by atoms with E-state index in [0.717, 1.165) is 5.56 Å². The van der Waals surface area contributed by atoms with E-state index in [-0.39, 0.29) is 30.4 Å². The SMILES string of the molecule is CCC(C)C(NC(=O)C(N)Cc1ccc(O)cc1)C(=O)NC(C(=O)NC(Cc1cnc[nH]1)C(=O)O)C(C)C. The summed E-state index contributed by atoms with van der Waals surface area (Å²) in [6, 6.07) is 2.12. The third-order valence-electron chi connectivity index (χ3n) is 6.36. The highest BCUT2D eigenvalue weighted by atomic mass is 16.4. The number of nitrogens with one attached hydrogen (secondary N) is 4. The molecular formula is C26H38N6O6. The normalized spacial score (nSPS) is 15.1. The number of benzene rings is 1. The van der Waals surface area contributed by atoms with Crippen LogP contribution in [0.1, 0.15) is 45.4 Å². The van der Waals surface area contributed by atoms with Gasteiger partial charge >= 0.3 is 5.97 Å². The number of hydrogen-bond donors (Lipinski definition) is 7. The molecule has 12 heteroatoms. The molecule has 8 N–H and O–H groups in total. The molecule has 0 saturated carbocycles. The van der Waals surface area contributed by atoms with Gasteiger partial charge in [-0.2, -0.15) is 0 Å². The van der Waals surface area contributed by atoms with Crippen molar-refractivity contribution < 1.29 is 29.4 Å². The predicted molar refractivity (Wildman–Crippen MR) is 140 cm³/mol. The summed E-state index contributed by atoms with van der Waals surface area (Å²) in [4.78, 5) is 57.6. The van der Waals surface area contributed by atoms with Gasteiger partial charge in [-0.1, -0.05) is 46.2 Å². The third-order valence-corrected chi connectivity index (χ3v) is 6.36. The van der Waals surface area contributed by atoms with Crippen molar-refractivity contribution in [2.75, 3.05) is 0 Å². The number of aromatic amines is 1. The molecule has 0 aliphatic rings. The first-order valence-electron chi connectivity index (χ1n) is 12.6. The highest BCUT2D eigenvalue weighted by molar-refractivity contribution is 5.94. The van der Waals surface area contributed by atoms with E-state index in [9.17, 15) is 29.4 Å². The van der Waals surface area contributed by atoms with Gasteiger partial charge in [0.1, 0.15) is 23.9 Å². The molecule has 38 heavy (non-hydrogen) atoms. The second kappa shape index (κ2) is 14.1. The molecule has 12 nitrogen and oxygen atoms in total. The van der Waals surface area contributed by atoms with Crippen LogP contribution in [0.2, 0.25) is 0 Å². The molecule has 3 amide bonds. The van der Waals surface area contributed by atoms with Crippen molar-refractivity contribution in [2.45, 2.75) is 71.1 Å². The lowest BCUT2D eigenvalue weighted by Gasteiger charge is -2.29. The third kappa shape index (κ3) is 8.87. The first kappa shape index (κ1) is 30.3. The van der Waals surface area contributed by atoms with Gasteiger partial charge in [0.25, 0.3) is 0 Å². The average molecular weight is 531 g/mol. The van der Waals surface area contributed by atoms with Crippen molar-refractivity contribution in [1.82, 2.24) is 25.9 Å². The van der Waals surface area contributed by atoms with Gasteiger partial charge < -0.3 is 36.9 Å². The average Bonchev–Trinajstić information content (AvgIpc) is 3.38. The number of phenolic OH excluding ortho intramolecular Hbond substituents is 1. The smallest absolute Gasteiger partial charge is 0.326 e. The zero-order valence-electron chi connectivity index (χ0n) is 22.1. The largest absolute Gasteiger partial charge is 0.508 e. The fourth-order valence-electron chi connectivity index (χ4n) is 3.80. The van der Waals surface area contributed by atoms with Crippen LogP contribution in [0.3, 0.4) is 0 Å². The number of amides is 3. The number of phenols is 1. The number of hydrogen-bond acceptors (Lipinski definition) is 7. The first-order valence-corrected chi connectivity index (χ1v) is 12.6. The van der Waals surface area contributed by atoms with Crippen LogP contribution in [-0.4, -0.2) is 68.0 Å². The second-order valence-corrected chi connectivity index (χ2v) is 9.76. The number of aliphatic carboxylic acids is 1. The Kier molecular flexibility index (Phi) is 11.3. The highest BCUT2D eigenvalue weighted by Gasteiger charge is 2.33. The first-order chi connectivity index (χ1) is 17.9. The summed E-state index contributed by atoms with van der Waals surface area (Å²) in [6.07, 6.45) is 3.63. The zero-order chi connectivity index (χ0) is 28.4. The Bertz CT molecular complexity index is 1070. The topological polar surface area (TPSA) is 200 Å². The number of H-pyrrole nitrogens is 1. The summed E-state index contributed by atoms with van der Waals surface area (Å²) in [7, 11) is 0. The van der Waals surface area contributed by atoms with Gasteiger partial charge in [-0.05, 0) is 36.0 Å². The molecule has 0 aliphatic heterocycles. The summed E-state index contributed by atoms with van der Waals surface area (Å²) < 4.78 is 0. The molecule has 0 aliphatic carbocycles. The summed E-state index contributed by atoms with van der Waals surface area (Å²) in [5, 5.41) is 26.9. The number of carbonyl (C=O) groups is 4. The number of rotatable bonds is 14. The van der Waals surface area contributed by atoms with Crippen molar-refractivity contribution in [1.29, 1.82) is 0 Å². The van der Waals surface area contributed by atoms with E-state index in [4.69, 9.17) is 5.73 Å². The van der Waals surface area contributed by atoms with Gasteiger partial charge in [0.05, 0.1) is 12.4 Å². The molecule has 0 radical (unpaired) electrons. The molecule has 1 heterocycles. The predicted octanol–water partition coefficient (Wildman–Crippen LogP) is 0.469. The van der Waals surface area contributed by atoms with E-state index in [2.05, 4.69) is 25.9 Å². The minimum absolute atomic E-state index is 0.00962. The van der Waals surface area contributed by atoms with Gasteiger partial charge in [-0.15, -0.1) is 0 Å². The summed E-state index contributed by atoms with van der Waals surface area (Å²) >= 11 is 0. The maximum absolute atomic E-state index is 13.3. The Balaban J connectivity index is 2.09. The number of nitrogens with two attached hydrogens (primary N) is 1. The Hall–Kier alpha value is -3.93. The lowest BCUT2D eigenvalue weighted by molar-refractivity contribution is -0.142. The molecule has 0 fully saturated rings. The molecule has 1 aromatic carbocycles. The van der Waals surface area contributed by atoms with Crippen LogP contribution in [0, 0.1) is 11.8 Å². The van der Waals surface area contributed by atoms with Crippen LogP contribution in [0.15, 0.2) is 36.8 Å². The van der Waals surface area contributed by atoms with Crippen LogP contribution in [0.25, 0.3) is 0 Å². The van der Waals surface area contributed by atoms with Crippen molar-refractivity contribution in [3.05, 3.63) is 48.0 Å². The van der Waals surface area contributed by atoms with Gasteiger partial charge in [0.2, 0.25) is 17.7 Å². The summed E-state index contributed by atoms with van der Waals surface area (Å²) in [5.74, 6) is -3.53. The highest BCUT2D eigenvalue weighted by Crippen LogP contribution is 2.13. The number of aromatic hydroxyl groups is 1. The molecule has 2 rings (SSSR count). The van der Waals surface area contributed by atoms with E-state index in [0.29, 0.717) is 12.1 Å². The monoisotopic (exact) mass is 530 g/mol. The molecular weight excluding hydrogens is 492 g/mol. The maximum Gasteiger partial charge on any atom is 0.326 e. The standard InChI is InChI=1S/C26H38N6O6/c1-5-15(4)22(32-23(34)19(27)10-16-6-8-18(33)9-7-16)25(36)31-21(14(2)3)24(35)30-20(26(37)38)11-17-12-28-13-29-17/h6-9,12-15,19-22,33H,5,10-11,27H2,1-4H3,(H,28,29)(H,30,35)(H,31,36)(H,32,34)(H,37,38). The van der Waals surface area contributed by atoms with Crippen LogP contribution < -0.4 is 21.7 Å². The molecule has 5 unspecified atom stereocenters. The van der Waals surface area contributed by atoms with Gasteiger partial charge in [0, 0.05) is 18.3 Å². The second-order valence-electron chi connectivity index (χ2n) is 9.76. The number of carboxylic acids is 1. The number of imidazole rings is 1.